The third-order valence-electron chi connectivity index (χ3n) is 14.9. The first-order valence-corrected chi connectivity index (χ1v) is 24.0. The number of pyridine rings is 1. The number of sulfone groups is 1. The molecule has 336 valence electrons. The van der Waals surface area contributed by atoms with Gasteiger partial charge in [0.05, 0.1) is 21.6 Å². The molecule has 4 heterocycles. The number of allylic oxidation sites excluding steroid dienone is 1. The van der Waals surface area contributed by atoms with Crippen molar-refractivity contribution in [3.63, 3.8) is 0 Å². The van der Waals surface area contributed by atoms with Gasteiger partial charge in [-0.05, 0) is 118 Å². The summed E-state index contributed by atoms with van der Waals surface area (Å²) in [6.45, 7) is 10.8. The molecule has 3 saturated carbocycles. The van der Waals surface area contributed by atoms with Gasteiger partial charge in [-0.25, -0.2) is 22.2 Å². The number of carbonyl (C=O) groups excluding carboxylic acids is 1. The van der Waals surface area contributed by atoms with Crippen molar-refractivity contribution in [2.24, 2.45) is 22.2 Å². The van der Waals surface area contributed by atoms with Gasteiger partial charge in [0.25, 0.3) is 11.6 Å². The van der Waals surface area contributed by atoms with Gasteiger partial charge < -0.3 is 19.4 Å². The Hall–Kier alpha value is -4.73. The van der Waals surface area contributed by atoms with E-state index < -0.39 is 37.6 Å². The molecular weight excluding hydrogens is 829 g/mol. The predicted octanol–water partition coefficient (Wildman–Crippen LogP) is 9.73. The molecule has 2 aromatic carbocycles. The minimum absolute atomic E-state index is 0.0580. The number of piperazine rings is 1. The lowest BCUT2D eigenvalue weighted by Gasteiger charge is -2.74. The van der Waals surface area contributed by atoms with Crippen molar-refractivity contribution < 1.29 is 36.4 Å². The van der Waals surface area contributed by atoms with Crippen LogP contribution in [-0.4, -0.2) is 91.6 Å². The third-order valence-corrected chi connectivity index (χ3v) is 16.5. The predicted molar refractivity (Wildman–Crippen MR) is 237 cm³/mol. The first-order valence-electron chi connectivity index (χ1n) is 22.3. The van der Waals surface area contributed by atoms with Crippen LogP contribution in [0.2, 0.25) is 0 Å². The Morgan fingerprint density at radius 2 is 1.79 bits per heavy atom. The lowest BCUT2D eigenvalue weighted by molar-refractivity contribution is -0.385. The maximum atomic E-state index is 14.5. The van der Waals surface area contributed by atoms with Gasteiger partial charge in [-0.3, -0.25) is 19.8 Å². The maximum Gasteiger partial charge on any atom is 0.273 e. The highest BCUT2D eigenvalue weighted by Gasteiger charge is 2.76. The second kappa shape index (κ2) is 16.4. The summed E-state index contributed by atoms with van der Waals surface area (Å²) in [5.41, 5.74) is 3.89. The molecule has 2 aromatic heterocycles. The van der Waals surface area contributed by atoms with Crippen molar-refractivity contribution in [3.05, 3.63) is 93.3 Å². The number of rotatable bonds is 15. The van der Waals surface area contributed by atoms with Gasteiger partial charge in [0.2, 0.25) is 0 Å². The summed E-state index contributed by atoms with van der Waals surface area (Å²) in [6, 6.07) is 12.7. The van der Waals surface area contributed by atoms with E-state index in [-0.39, 0.29) is 32.7 Å². The monoisotopic (exact) mass is 885 g/mol. The van der Waals surface area contributed by atoms with Crippen molar-refractivity contribution in [3.8, 4) is 11.5 Å². The molecule has 12 nitrogen and oxygen atoms in total. The Morgan fingerprint density at radius 3 is 2.51 bits per heavy atom. The fraction of sp³-hybridized carbons (Fsp3) is 0.542. The van der Waals surface area contributed by atoms with Gasteiger partial charge in [-0.2, -0.15) is 0 Å². The lowest BCUT2D eigenvalue weighted by Crippen LogP contribution is -2.69. The number of aryl methyl sites for hydroxylation is 1. The van der Waals surface area contributed by atoms with Gasteiger partial charge in [-0.1, -0.05) is 31.1 Å². The largest absolute Gasteiger partial charge is 0.455 e. The van der Waals surface area contributed by atoms with Crippen molar-refractivity contribution >= 4 is 38.0 Å². The highest BCUT2D eigenvalue weighted by atomic mass is 32.2. The molecule has 2 saturated heterocycles. The molecule has 5 fully saturated rings. The minimum atomic E-state index is -4.30. The number of ether oxygens (including phenoxy) is 2. The van der Waals surface area contributed by atoms with Crippen LogP contribution in [0.3, 0.4) is 0 Å². The van der Waals surface area contributed by atoms with Gasteiger partial charge in [0, 0.05) is 86.3 Å². The van der Waals surface area contributed by atoms with Gasteiger partial charge in [0.1, 0.15) is 22.9 Å². The molecule has 15 heteroatoms. The second-order valence-electron chi connectivity index (χ2n) is 19.9. The minimum Gasteiger partial charge on any atom is -0.455 e. The van der Waals surface area contributed by atoms with Crippen LogP contribution in [-0.2, 0) is 21.0 Å². The number of anilines is 1. The van der Waals surface area contributed by atoms with E-state index in [2.05, 4.69) is 33.6 Å². The molecule has 2 aliphatic heterocycles. The summed E-state index contributed by atoms with van der Waals surface area (Å²) >= 11 is 0. The zero-order valence-corrected chi connectivity index (χ0v) is 37.2. The van der Waals surface area contributed by atoms with E-state index in [0.717, 1.165) is 82.2 Å². The number of benzene rings is 2. The molecular formula is C48H57F2N5O7S. The van der Waals surface area contributed by atoms with Crippen molar-refractivity contribution in [2.45, 2.75) is 95.8 Å². The summed E-state index contributed by atoms with van der Waals surface area (Å²) in [6.07, 6.45) is 11.1. The third kappa shape index (κ3) is 8.64. The topological polar surface area (TPSA) is 148 Å². The van der Waals surface area contributed by atoms with Crippen molar-refractivity contribution in [1.29, 1.82) is 0 Å². The molecule has 2 bridgehead atoms. The van der Waals surface area contributed by atoms with Crippen LogP contribution in [0, 0.1) is 32.3 Å². The van der Waals surface area contributed by atoms with E-state index in [1.165, 1.54) is 29.5 Å². The molecule has 6 aliphatic rings. The molecule has 0 unspecified atom stereocenters. The number of nitro groups is 1. The summed E-state index contributed by atoms with van der Waals surface area (Å²) in [4.78, 5) is 37.5. The zero-order valence-electron chi connectivity index (χ0n) is 36.4. The Labute approximate surface area is 367 Å². The van der Waals surface area contributed by atoms with E-state index in [1.807, 2.05) is 6.07 Å². The average molecular weight is 886 g/mol. The van der Waals surface area contributed by atoms with Crippen LogP contribution in [0.4, 0.5) is 20.2 Å². The average Bonchev–Trinajstić information content (AvgIpc) is 3.68. The zero-order chi connectivity index (χ0) is 44.4. The van der Waals surface area contributed by atoms with Crippen LogP contribution in [0.5, 0.6) is 11.5 Å². The van der Waals surface area contributed by atoms with Crippen molar-refractivity contribution in [2.75, 3.05) is 56.6 Å². The fourth-order valence-electron chi connectivity index (χ4n) is 11.0. The molecule has 0 spiro atoms. The molecule has 10 rings (SSSR count). The van der Waals surface area contributed by atoms with Crippen LogP contribution < -0.4 is 9.64 Å². The number of carbonyl (C=O) groups is 1. The van der Waals surface area contributed by atoms with Crippen LogP contribution in [0.25, 0.3) is 11.0 Å². The van der Waals surface area contributed by atoms with E-state index in [9.17, 15) is 32.1 Å². The number of nitrogens with zero attached hydrogens (tertiary/aromatic N) is 4. The standard InChI is InChI=1S/C48H57F2N5O7S/c1-45(2)14-10-35(40(25-45)47-29-48(30-47,31-47)46(3,49)50)27-53-16-18-54(19-17-53)36-7-9-39(43(23-36)62-37-22-34-11-15-51-44(34)52-26-37)42(56)28-63(59,60)38-8-6-33(41(24-38)55(57)58)5-4-32-12-20-61-21-13-32/h6-9,11,15,22-24,26,32H,4-5,10,12-14,16-21,25,27-31H2,1-3H3,(H,51,52). The Bertz CT molecular complexity index is 2550. The molecule has 1 N–H and O–H groups in total. The number of aromatic nitrogens is 2. The van der Waals surface area contributed by atoms with E-state index in [4.69, 9.17) is 9.47 Å². The molecule has 4 aliphatic carbocycles. The highest BCUT2D eigenvalue weighted by molar-refractivity contribution is 7.92. The number of hydrogen-bond donors (Lipinski definition) is 1. The summed E-state index contributed by atoms with van der Waals surface area (Å²) < 4.78 is 68.4. The molecule has 0 atom stereocenters. The summed E-state index contributed by atoms with van der Waals surface area (Å²) in [5, 5.41) is 12.9. The normalized spacial score (nSPS) is 24.2. The number of ketones is 1. The molecule has 4 aromatic rings. The molecule has 0 radical (unpaired) electrons. The number of nitrogens with one attached hydrogen (secondary N) is 1. The number of fused-ring (bicyclic) bond motifs is 1. The Balaban J connectivity index is 0.917. The van der Waals surface area contributed by atoms with E-state index in [0.29, 0.717) is 74.9 Å². The molecule has 0 amide bonds. The summed E-state index contributed by atoms with van der Waals surface area (Å²) in [7, 11) is -4.30. The number of aromatic amines is 1. The van der Waals surface area contributed by atoms with E-state index in [1.54, 1.807) is 30.5 Å². The maximum absolute atomic E-state index is 14.5. The number of halogens is 2. The molecule has 63 heavy (non-hydrogen) atoms. The van der Waals surface area contributed by atoms with Crippen molar-refractivity contribution in [1.82, 2.24) is 14.9 Å². The first-order chi connectivity index (χ1) is 29.9. The van der Waals surface area contributed by atoms with Crippen LogP contribution in [0.15, 0.2) is 77.0 Å². The number of nitro benzene ring substituents is 1. The number of alkyl halides is 2. The smallest absolute Gasteiger partial charge is 0.273 e. The summed E-state index contributed by atoms with van der Waals surface area (Å²) in [5.74, 6) is -3.33. The van der Waals surface area contributed by atoms with Gasteiger partial charge >= 0.3 is 0 Å². The Morgan fingerprint density at radius 1 is 1.05 bits per heavy atom. The number of H-pyrrole nitrogens is 1. The van der Waals surface area contributed by atoms with Crippen LogP contribution >= 0.6 is 0 Å². The van der Waals surface area contributed by atoms with Gasteiger partial charge in [0.15, 0.2) is 15.6 Å². The fourth-order valence-corrected chi connectivity index (χ4v) is 12.3. The Kier molecular flexibility index (Phi) is 11.3. The van der Waals surface area contributed by atoms with Gasteiger partial charge in [-0.15, -0.1) is 0 Å². The lowest BCUT2D eigenvalue weighted by atomic mass is 9.30. The highest BCUT2D eigenvalue weighted by Crippen LogP contribution is 2.81. The SMILES string of the molecule is CC1(C)CCC(CN2CCN(c3ccc(C(=O)CS(=O)(=O)c4ccc(CCC5CCOCC5)c([N+](=O)[O-])c4)c(Oc4cnc5[nH]ccc5c4)c3)CC2)=C(C23CC(C(C)(F)F)(C2)C3)C1. The number of Topliss-reactive ketones (excluding diaryl/α,β-unsaturated/α-hetero) is 1. The first kappa shape index (κ1) is 43.5. The number of hydrogen-bond acceptors (Lipinski definition) is 10. The quantitative estimate of drug-likeness (QED) is 0.0530. The second-order valence-corrected chi connectivity index (χ2v) is 21.8. The van der Waals surface area contributed by atoms with E-state index >= 15 is 0 Å². The van der Waals surface area contributed by atoms with Crippen LogP contribution in [0.1, 0.15) is 94.5 Å².